The van der Waals surface area contributed by atoms with Gasteiger partial charge in [-0.15, -0.1) is 0 Å². The molecule has 1 radical (unpaired) electrons. The summed E-state index contributed by atoms with van der Waals surface area (Å²) in [5.74, 6) is 0. The van der Waals surface area contributed by atoms with Gasteiger partial charge in [0.25, 0.3) is 0 Å². The molecule has 2 nitrogen and oxygen atoms in total. The van der Waals surface area contributed by atoms with Gasteiger partial charge in [0, 0.05) is 18.3 Å². The zero-order valence-corrected chi connectivity index (χ0v) is 7.78. The van der Waals surface area contributed by atoms with Gasteiger partial charge in [-0.3, -0.25) is 0 Å². The third-order valence-electron chi connectivity index (χ3n) is 2.20. The third kappa shape index (κ3) is 1.35. The lowest BCUT2D eigenvalue weighted by Gasteiger charge is -1.98. The zero-order valence-electron chi connectivity index (χ0n) is 7.78. The molecule has 65 valence electrons. The second-order valence-electron chi connectivity index (χ2n) is 3.07. The van der Waals surface area contributed by atoms with Gasteiger partial charge in [-0.2, -0.15) is 0 Å². The van der Waals surface area contributed by atoms with E-state index >= 15 is 0 Å². The summed E-state index contributed by atoms with van der Waals surface area (Å²) >= 11 is 0. The number of hydrogen-bond acceptors (Lipinski definition) is 1. The van der Waals surface area contributed by atoms with Gasteiger partial charge in [0.1, 0.15) is 0 Å². The Labute approximate surface area is 77.9 Å². The molecule has 1 aromatic heterocycles. The van der Waals surface area contributed by atoms with Crippen molar-refractivity contribution < 1.29 is 0 Å². The molecule has 1 heterocycles. The minimum Gasteiger partial charge on any atom is -0.328 e. The number of benzene rings is 1. The predicted octanol–water partition coefficient (Wildman–Crippen LogP) is 2.20. The monoisotopic (exact) mass is 171 g/mol. The average molecular weight is 171 g/mol. The van der Waals surface area contributed by atoms with Crippen LogP contribution in [0.5, 0.6) is 0 Å². The largest absolute Gasteiger partial charge is 0.328 e. The molecular weight excluding hydrogens is 160 g/mol. The molecular formula is C11H11N2. The number of rotatable bonds is 1. The highest BCUT2D eigenvalue weighted by Gasteiger charge is 2.05. The van der Waals surface area contributed by atoms with Crippen molar-refractivity contribution in [3.8, 4) is 11.3 Å². The second-order valence-corrected chi connectivity index (χ2v) is 3.07. The summed E-state index contributed by atoms with van der Waals surface area (Å²) in [6.07, 6.45) is 2.90. The molecule has 2 heteroatoms. The van der Waals surface area contributed by atoms with Gasteiger partial charge in [-0.25, -0.2) is 4.98 Å². The Morgan fingerprint density at radius 2 is 1.92 bits per heavy atom. The van der Waals surface area contributed by atoms with Gasteiger partial charge < -0.3 is 4.57 Å². The van der Waals surface area contributed by atoms with Gasteiger partial charge in [-0.05, 0) is 6.92 Å². The van der Waals surface area contributed by atoms with Crippen LogP contribution >= 0.6 is 0 Å². The maximum Gasteiger partial charge on any atom is 0.177 e. The van der Waals surface area contributed by atoms with Crippen LogP contribution in [0.1, 0.15) is 5.69 Å². The number of hydrogen-bond donors (Lipinski definition) is 0. The zero-order chi connectivity index (χ0) is 9.26. The smallest absolute Gasteiger partial charge is 0.177 e. The molecule has 1 aromatic carbocycles. The molecule has 0 saturated heterocycles. The first kappa shape index (κ1) is 8.05. The molecule has 0 aliphatic heterocycles. The molecule has 0 atom stereocenters. The van der Waals surface area contributed by atoms with E-state index in [0.717, 1.165) is 17.0 Å². The van der Waals surface area contributed by atoms with Crippen LogP contribution in [0.2, 0.25) is 0 Å². The molecule has 0 bridgehead atoms. The summed E-state index contributed by atoms with van der Waals surface area (Å²) in [7, 11) is 1.95. The van der Waals surface area contributed by atoms with Crippen LogP contribution in [0.4, 0.5) is 0 Å². The summed E-state index contributed by atoms with van der Waals surface area (Å²) in [4.78, 5) is 4.22. The van der Waals surface area contributed by atoms with E-state index in [1.807, 2.05) is 36.7 Å². The van der Waals surface area contributed by atoms with Crippen molar-refractivity contribution in [2.24, 2.45) is 7.05 Å². The lowest BCUT2D eigenvalue weighted by Crippen LogP contribution is -1.88. The maximum atomic E-state index is 4.22. The molecule has 0 fully saturated rings. The normalized spacial score (nSPS) is 10.3. The van der Waals surface area contributed by atoms with E-state index in [2.05, 4.69) is 23.4 Å². The SMILES string of the molecule is Cc1c(-c2ccccc2)n[c]n1C. The predicted molar refractivity (Wildman–Crippen MR) is 52.2 cm³/mol. The summed E-state index contributed by atoms with van der Waals surface area (Å²) in [6.45, 7) is 2.05. The van der Waals surface area contributed by atoms with Crippen molar-refractivity contribution in [3.05, 3.63) is 42.4 Å². The Hall–Kier alpha value is -1.57. The molecule has 0 aliphatic carbocycles. The lowest BCUT2D eigenvalue weighted by atomic mass is 10.1. The maximum absolute atomic E-state index is 4.22. The van der Waals surface area contributed by atoms with E-state index in [1.165, 1.54) is 0 Å². The van der Waals surface area contributed by atoms with E-state index in [0.29, 0.717) is 0 Å². The molecule has 0 saturated carbocycles. The van der Waals surface area contributed by atoms with Crippen LogP contribution in [0.25, 0.3) is 11.3 Å². The van der Waals surface area contributed by atoms with Gasteiger partial charge in [0.2, 0.25) is 0 Å². The molecule has 0 unspecified atom stereocenters. The number of nitrogens with zero attached hydrogens (tertiary/aromatic N) is 2. The Kier molecular flexibility index (Phi) is 1.89. The van der Waals surface area contributed by atoms with Crippen LogP contribution < -0.4 is 0 Å². The van der Waals surface area contributed by atoms with Crippen molar-refractivity contribution in [1.29, 1.82) is 0 Å². The summed E-state index contributed by atoms with van der Waals surface area (Å²) in [6, 6.07) is 10.2. The van der Waals surface area contributed by atoms with Gasteiger partial charge in [0.15, 0.2) is 6.33 Å². The number of aromatic nitrogens is 2. The summed E-state index contributed by atoms with van der Waals surface area (Å²) in [5, 5.41) is 0. The Bertz CT molecular complexity index is 401. The molecule has 0 aliphatic rings. The molecule has 0 spiro atoms. The topological polar surface area (TPSA) is 17.8 Å². The Morgan fingerprint density at radius 3 is 2.46 bits per heavy atom. The summed E-state index contributed by atoms with van der Waals surface area (Å²) in [5.41, 5.74) is 3.31. The third-order valence-corrected chi connectivity index (χ3v) is 2.20. The number of aryl methyl sites for hydroxylation is 1. The van der Waals surface area contributed by atoms with Gasteiger partial charge >= 0.3 is 0 Å². The Balaban J connectivity index is 2.53. The van der Waals surface area contributed by atoms with E-state index < -0.39 is 0 Å². The molecule has 0 N–H and O–H groups in total. The van der Waals surface area contributed by atoms with E-state index in [9.17, 15) is 0 Å². The Morgan fingerprint density at radius 1 is 1.23 bits per heavy atom. The summed E-state index contributed by atoms with van der Waals surface area (Å²) < 4.78 is 1.91. The standard InChI is InChI=1S/C11H11N2/c1-9-11(12-8-13(9)2)10-6-4-3-5-7-10/h3-7H,1-2H3. The van der Waals surface area contributed by atoms with Crippen LogP contribution in [-0.4, -0.2) is 9.55 Å². The van der Waals surface area contributed by atoms with Gasteiger partial charge in [0.05, 0.1) is 5.69 Å². The quantitative estimate of drug-likeness (QED) is 0.643. The lowest BCUT2D eigenvalue weighted by molar-refractivity contribution is 0.865. The first-order valence-electron chi connectivity index (χ1n) is 4.25. The van der Waals surface area contributed by atoms with Crippen molar-refractivity contribution in [2.45, 2.75) is 6.92 Å². The highest BCUT2D eigenvalue weighted by Crippen LogP contribution is 2.19. The first-order valence-corrected chi connectivity index (χ1v) is 4.25. The van der Waals surface area contributed by atoms with Crippen LogP contribution in [0.3, 0.4) is 0 Å². The minimum absolute atomic E-state index is 1.02. The fraction of sp³-hybridized carbons (Fsp3) is 0.182. The second kappa shape index (κ2) is 3.05. The van der Waals surface area contributed by atoms with E-state index in [-0.39, 0.29) is 0 Å². The van der Waals surface area contributed by atoms with Crippen LogP contribution in [-0.2, 0) is 7.05 Å². The van der Waals surface area contributed by atoms with Gasteiger partial charge in [-0.1, -0.05) is 30.3 Å². The van der Waals surface area contributed by atoms with Crippen molar-refractivity contribution in [1.82, 2.24) is 9.55 Å². The fourth-order valence-corrected chi connectivity index (χ4v) is 1.31. The molecule has 13 heavy (non-hydrogen) atoms. The van der Waals surface area contributed by atoms with E-state index in [1.54, 1.807) is 0 Å². The van der Waals surface area contributed by atoms with Crippen molar-refractivity contribution in [3.63, 3.8) is 0 Å². The first-order chi connectivity index (χ1) is 6.29. The molecule has 2 rings (SSSR count). The highest BCUT2D eigenvalue weighted by molar-refractivity contribution is 5.61. The highest BCUT2D eigenvalue weighted by atomic mass is 15.0. The fourth-order valence-electron chi connectivity index (χ4n) is 1.31. The van der Waals surface area contributed by atoms with E-state index in [4.69, 9.17) is 0 Å². The van der Waals surface area contributed by atoms with Crippen molar-refractivity contribution >= 4 is 0 Å². The molecule has 0 amide bonds. The van der Waals surface area contributed by atoms with Crippen molar-refractivity contribution in [2.75, 3.05) is 0 Å². The van der Waals surface area contributed by atoms with Crippen LogP contribution in [0.15, 0.2) is 30.3 Å². The molecule has 2 aromatic rings. The van der Waals surface area contributed by atoms with Crippen LogP contribution in [0, 0.1) is 13.3 Å². The minimum atomic E-state index is 1.02. The average Bonchev–Trinajstić information content (AvgIpc) is 2.49. The number of imidazole rings is 1.